The van der Waals surface area contributed by atoms with Crippen LogP contribution in [0.5, 0.6) is 0 Å². The first-order chi connectivity index (χ1) is 13.1. The van der Waals surface area contributed by atoms with Gasteiger partial charge in [0, 0.05) is 30.2 Å². The van der Waals surface area contributed by atoms with Crippen molar-refractivity contribution < 1.29 is 0 Å². The fraction of sp³-hybridized carbons (Fsp3) is 0.261. The number of benzene rings is 2. The summed E-state index contributed by atoms with van der Waals surface area (Å²) in [6.45, 7) is 7.26. The van der Waals surface area contributed by atoms with Crippen LogP contribution in [0.4, 0.5) is 0 Å². The SMILES string of the molecule is Cc1cc(C)cc(C2=CCN(Cc3cn[nH]c3-c3ccc(Cl)cc3)CC2)c1. The van der Waals surface area contributed by atoms with Crippen molar-refractivity contribution in [1.29, 1.82) is 0 Å². The lowest BCUT2D eigenvalue weighted by molar-refractivity contribution is 0.294. The number of aryl methyl sites for hydroxylation is 2. The average molecular weight is 378 g/mol. The van der Waals surface area contributed by atoms with Gasteiger partial charge < -0.3 is 0 Å². The van der Waals surface area contributed by atoms with Crippen LogP contribution in [-0.2, 0) is 6.54 Å². The van der Waals surface area contributed by atoms with Crippen LogP contribution in [0.3, 0.4) is 0 Å². The van der Waals surface area contributed by atoms with E-state index in [1.165, 1.54) is 27.8 Å². The van der Waals surface area contributed by atoms with Crippen molar-refractivity contribution in [3.63, 3.8) is 0 Å². The minimum Gasteiger partial charge on any atom is -0.295 e. The molecule has 3 nitrogen and oxygen atoms in total. The van der Waals surface area contributed by atoms with Crippen LogP contribution in [0.1, 0.15) is 28.7 Å². The summed E-state index contributed by atoms with van der Waals surface area (Å²) >= 11 is 6.01. The molecule has 0 saturated carbocycles. The third kappa shape index (κ3) is 4.15. The van der Waals surface area contributed by atoms with E-state index in [9.17, 15) is 0 Å². The normalized spacial score (nSPS) is 15.0. The average Bonchev–Trinajstić information content (AvgIpc) is 3.10. The number of hydrogen-bond donors (Lipinski definition) is 1. The Bertz CT molecular complexity index is 949. The van der Waals surface area contributed by atoms with Crippen molar-refractivity contribution >= 4 is 17.2 Å². The second-order valence-electron chi connectivity index (χ2n) is 7.37. The summed E-state index contributed by atoms with van der Waals surface area (Å²) in [4.78, 5) is 2.47. The Morgan fingerprint density at radius 3 is 2.44 bits per heavy atom. The summed E-state index contributed by atoms with van der Waals surface area (Å²) in [7, 11) is 0. The van der Waals surface area contributed by atoms with Gasteiger partial charge in [-0.05, 0) is 49.1 Å². The molecule has 0 bridgehead atoms. The minimum absolute atomic E-state index is 0.750. The molecule has 3 aromatic rings. The number of nitrogens with one attached hydrogen (secondary N) is 1. The molecule has 0 aliphatic carbocycles. The van der Waals surface area contributed by atoms with Crippen molar-refractivity contribution in [2.24, 2.45) is 0 Å². The highest BCUT2D eigenvalue weighted by molar-refractivity contribution is 6.30. The molecule has 1 aromatic heterocycles. The van der Waals surface area contributed by atoms with Crippen LogP contribution in [0.2, 0.25) is 5.02 Å². The van der Waals surface area contributed by atoms with Gasteiger partial charge in [0.25, 0.3) is 0 Å². The maximum absolute atomic E-state index is 6.01. The number of rotatable bonds is 4. The summed E-state index contributed by atoms with van der Waals surface area (Å²) in [5, 5.41) is 8.16. The van der Waals surface area contributed by atoms with Gasteiger partial charge in [0.05, 0.1) is 11.9 Å². The molecule has 0 fully saturated rings. The first-order valence-electron chi connectivity index (χ1n) is 9.37. The quantitative estimate of drug-likeness (QED) is 0.638. The Labute approximate surface area is 165 Å². The summed E-state index contributed by atoms with van der Waals surface area (Å²) < 4.78 is 0. The lowest BCUT2D eigenvalue weighted by Crippen LogP contribution is -2.28. The molecule has 4 heteroatoms. The van der Waals surface area contributed by atoms with Gasteiger partial charge in [0.15, 0.2) is 0 Å². The summed E-state index contributed by atoms with van der Waals surface area (Å²) in [6, 6.07) is 14.7. The molecule has 1 aliphatic rings. The molecule has 138 valence electrons. The molecule has 1 N–H and O–H groups in total. The van der Waals surface area contributed by atoms with E-state index in [0.29, 0.717) is 0 Å². The van der Waals surface area contributed by atoms with Crippen LogP contribution in [0.25, 0.3) is 16.8 Å². The van der Waals surface area contributed by atoms with Crippen LogP contribution in [0, 0.1) is 13.8 Å². The maximum atomic E-state index is 6.01. The summed E-state index contributed by atoms with van der Waals surface area (Å²) in [5.74, 6) is 0. The maximum Gasteiger partial charge on any atom is 0.0695 e. The van der Waals surface area contributed by atoms with E-state index in [-0.39, 0.29) is 0 Å². The molecule has 2 aromatic carbocycles. The van der Waals surface area contributed by atoms with Crippen LogP contribution < -0.4 is 0 Å². The lowest BCUT2D eigenvalue weighted by atomic mass is 9.96. The van der Waals surface area contributed by atoms with E-state index in [4.69, 9.17) is 11.6 Å². The Morgan fingerprint density at radius 2 is 1.78 bits per heavy atom. The van der Waals surface area contributed by atoms with Crippen LogP contribution in [-0.4, -0.2) is 28.2 Å². The van der Waals surface area contributed by atoms with E-state index in [2.05, 4.69) is 53.2 Å². The fourth-order valence-corrected chi connectivity index (χ4v) is 3.94. The zero-order valence-corrected chi connectivity index (χ0v) is 16.6. The monoisotopic (exact) mass is 377 g/mol. The first kappa shape index (κ1) is 18.0. The molecule has 0 amide bonds. The molecule has 0 spiro atoms. The Balaban J connectivity index is 1.48. The zero-order valence-electron chi connectivity index (χ0n) is 15.8. The molecular weight excluding hydrogens is 354 g/mol. The van der Waals surface area contributed by atoms with Crippen molar-refractivity contribution in [3.05, 3.63) is 82.0 Å². The molecule has 2 heterocycles. The highest BCUT2D eigenvalue weighted by Crippen LogP contribution is 2.27. The zero-order chi connectivity index (χ0) is 18.8. The molecule has 27 heavy (non-hydrogen) atoms. The molecular formula is C23H24ClN3. The number of aromatic nitrogens is 2. The Morgan fingerprint density at radius 1 is 1.04 bits per heavy atom. The van der Waals surface area contributed by atoms with Gasteiger partial charge in [0.2, 0.25) is 0 Å². The van der Waals surface area contributed by atoms with Gasteiger partial charge in [0.1, 0.15) is 0 Å². The number of H-pyrrole nitrogens is 1. The molecule has 0 radical (unpaired) electrons. The van der Waals surface area contributed by atoms with Crippen molar-refractivity contribution in [2.75, 3.05) is 13.1 Å². The number of hydrogen-bond acceptors (Lipinski definition) is 2. The fourth-order valence-electron chi connectivity index (χ4n) is 3.82. The van der Waals surface area contributed by atoms with Gasteiger partial charge in [-0.3, -0.25) is 10.00 Å². The Hall–Kier alpha value is -2.36. The highest BCUT2D eigenvalue weighted by atomic mass is 35.5. The van der Waals surface area contributed by atoms with Gasteiger partial charge in [-0.2, -0.15) is 5.10 Å². The number of nitrogens with zero attached hydrogens (tertiary/aromatic N) is 2. The smallest absolute Gasteiger partial charge is 0.0695 e. The standard InChI is InChI=1S/C23H24ClN3/c1-16-11-17(2)13-20(12-16)18-7-9-27(10-8-18)15-21-14-25-26-23(21)19-3-5-22(24)6-4-19/h3-7,11-14H,8-10,15H2,1-2H3,(H,25,26). The second-order valence-corrected chi connectivity index (χ2v) is 7.80. The van der Waals surface area contributed by atoms with E-state index in [1.807, 2.05) is 30.5 Å². The number of halogens is 1. The molecule has 4 rings (SSSR count). The lowest BCUT2D eigenvalue weighted by Gasteiger charge is -2.26. The topological polar surface area (TPSA) is 31.9 Å². The van der Waals surface area contributed by atoms with Gasteiger partial charge in [-0.15, -0.1) is 0 Å². The van der Waals surface area contributed by atoms with Crippen LogP contribution in [0.15, 0.2) is 54.7 Å². The highest BCUT2D eigenvalue weighted by Gasteiger charge is 2.16. The first-order valence-corrected chi connectivity index (χ1v) is 9.74. The molecule has 0 atom stereocenters. The second kappa shape index (κ2) is 7.71. The van der Waals surface area contributed by atoms with Crippen molar-refractivity contribution in [2.45, 2.75) is 26.8 Å². The third-order valence-electron chi connectivity index (χ3n) is 5.13. The summed E-state index contributed by atoms with van der Waals surface area (Å²) in [6.07, 6.45) is 5.39. The van der Waals surface area contributed by atoms with E-state index in [1.54, 1.807) is 0 Å². The molecule has 1 aliphatic heterocycles. The minimum atomic E-state index is 0.750. The van der Waals surface area contributed by atoms with Gasteiger partial charge in [-0.25, -0.2) is 0 Å². The van der Waals surface area contributed by atoms with Gasteiger partial charge in [-0.1, -0.05) is 59.1 Å². The number of aromatic amines is 1. The van der Waals surface area contributed by atoms with Crippen molar-refractivity contribution in [3.8, 4) is 11.3 Å². The van der Waals surface area contributed by atoms with E-state index in [0.717, 1.165) is 42.3 Å². The third-order valence-corrected chi connectivity index (χ3v) is 5.38. The Kier molecular flexibility index (Phi) is 5.15. The van der Waals surface area contributed by atoms with Gasteiger partial charge >= 0.3 is 0 Å². The molecule has 0 saturated heterocycles. The predicted molar refractivity (Wildman–Crippen MR) is 113 cm³/mol. The van der Waals surface area contributed by atoms with E-state index >= 15 is 0 Å². The van der Waals surface area contributed by atoms with Crippen molar-refractivity contribution in [1.82, 2.24) is 15.1 Å². The summed E-state index contributed by atoms with van der Waals surface area (Å²) in [5.41, 5.74) is 8.92. The van der Waals surface area contributed by atoms with E-state index < -0.39 is 0 Å². The predicted octanol–water partition coefficient (Wildman–Crippen LogP) is 5.64. The van der Waals surface area contributed by atoms with Crippen LogP contribution >= 0.6 is 11.6 Å². The molecule has 0 unspecified atom stereocenters. The largest absolute Gasteiger partial charge is 0.295 e.